The van der Waals surface area contributed by atoms with Crippen LogP contribution in [0.5, 0.6) is 0 Å². The maximum atomic E-state index is 7.87. The molecule has 0 spiro atoms. The van der Waals surface area contributed by atoms with E-state index in [1.54, 1.807) is 0 Å². The molecule has 0 fully saturated rings. The lowest BCUT2D eigenvalue weighted by molar-refractivity contribution is 0.911. The third-order valence-corrected chi connectivity index (χ3v) is 4.65. The molecule has 4 heteroatoms. The van der Waals surface area contributed by atoms with Gasteiger partial charge in [-0.3, -0.25) is 0 Å². The summed E-state index contributed by atoms with van der Waals surface area (Å²) in [6.07, 6.45) is 9.34. The molecule has 5 N–H and O–H groups in total. The first kappa shape index (κ1) is 18.7. The predicted molar refractivity (Wildman–Crippen MR) is 107 cm³/mol. The summed E-state index contributed by atoms with van der Waals surface area (Å²) in [5, 5.41) is 19.1. The van der Waals surface area contributed by atoms with Crippen molar-refractivity contribution in [3.8, 4) is 0 Å². The Morgan fingerprint density at radius 2 is 1.96 bits per heavy atom. The minimum Gasteiger partial charge on any atom is -0.404 e. The molecule has 0 amide bonds. The smallest absolute Gasteiger partial charge is 0.0462 e. The second-order valence-electron chi connectivity index (χ2n) is 6.34. The first-order chi connectivity index (χ1) is 12.1. The van der Waals surface area contributed by atoms with Crippen molar-refractivity contribution in [3.63, 3.8) is 0 Å². The van der Waals surface area contributed by atoms with Crippen LogP contribution in [0.3, 0.4) is 0 Å². The van der Waals surface area contributed by atoms with Crippen LogP contribution >= 0.6 is 0 Å². The lowest BCUT2D eigenvalue weighted by Crippen LogP contribution is -2.11. The first-order valence-corrected chi connectivity index (χ1v) is 8.80. The molecule has 0 atom stereocenters. The van der Waals surface area contributed by atoms with Crippen LogP contribution in [0.25, 0.3) is 5.70 Å². The molecule has 132 valence electrons. The van der Waals surface area contributed by atoms with Gasteiger partial charge in [-0.2, -0.15) is 0 Å². The van der Waals surface area contributed by atoms with E-state index in [9.17, 15) is 0 Å². The van der Waals surface area contributed by atoms with Crippen LogP contribution in [0.4, 0.5) is 0 Å². The maximum absolute atomic E-state index is 7.87. The summed E-state index contributed by atoms with van der Waals surface area (Å²) >= 11 is 0. The molecule has 0 aromatic heterocycles. The molecule has 1 aromatic carbocycles. The van der Waals surface area contributed by atoms with Crippen LogP contribution in [0.1, 0.15) is 48.4 Å². The predicted octanol–water partition coefficient (Wildman–Crippen LogP) is 4.22. The zero-order valence-corrected chi connectivity index (χ0v) is 15.4. The molecule has 0 unspecified atom stereocenters. The Balaban J connectivity index is 2.73. The van der Waals surface area contributed by atoms with E-state index in [2.05, 4.69) is 37.4 Å². The molecule has 0 saturated heterocycles. The van der Waals surface area contributed by atoms with Crippen molar-refractivity contribution in [1.29, 1.82) is 10.8 Å². The van der Waals surface area contributed by atoms with Crippen molar-refractivity contribution < 1.29 is 0 Å². The molecule has 1 heterocycles. The van der Waals surface area contributed by atoms with E-state index in [1.807, 2.05) is 6.92 Å². The Labute approximate surface area is 150 Å². The van der Waals surface area contributed by atoms with Crippen molar-refractivity contribution in [2.24, 2.45) is 5.73 Å². The second kappa shape index (κ2) is 8.47. The van der Waals surface area contributed by atoms with Gasteiger partial charge in [0.2, 0.25) is 0 Å². The quantitative estimate of drug-likeness (QED) is 0.444. The summed E-state index contributed by atoms with van der Waals surface area (Å²) in [4.78, 5) is 0. The van der Waals surface area contributed by atoms with Gasteiger partial charge in [-0.1, -0.05) is 31.6 Å². The lowest BCUT2D eigenvalue weighted by Gasteiger charge is -2.17. The minimum absolute atomic E-state index is 0.742. The van der Waals surface area contributed by atoms with Crippen molar-refractivity contribution in [2.45, 2.75) is 40.0 Å². The number of allylic oxidation sites excluding steroid dienone is 3. The first-order valence-electron chi connectivity index (χ1n) is 8.80. The fourth-order valence-electron chi connectivity index (χ4n) is 3.32. The van der Waals surface area contributed by atoms with E-state index in [4.69, 9.17) is 16.6 Å². The average molecular weight is 336 g/mol. The Kier molecular flexibility index (Phi) is 6.34. The lowest BCUT2D eigenvalue weighted by atomic mass is 9.89. The maximum Gasteiger partial charge on any atom is 0.0462 e. The van der Waals surface area contributed by atoms with E-state index in [-0.39, 0.29) is 0 Å². The summed E-state index contributed by atoms with van der Waals surface area (Å²) in [7, 11) is 0. The zero-order valence-electron chi connectivity index (χ0n) is 15.4. The van der Waals surface area contributed by atoms with Gasteiger partial charge in [-0.05, 0) is 49.0 Å². The van der Waals surface area contributed by atoms with Gasteiger partial charge in [-0.15, -0.1) is 0 Å². The summed E-state index contributed by atoms with van der Waals surface area (Å²) in [5.74, 6) is 0. The van der Waals surface area contributed by atoms with E-state index in [0.29, 0.717) is 0 Å². The fourth-order valence-corrected chi connectivity index (χ4v) is 3.32. The van der Waals surface area contributed by atoms with Gasteiger partial charge in [-0.25, -0.2) is 0 Å². The highest BCUT2D eigenvalue weighted by molar-refractivity contribution is 5.93. The molecule has 1 aliphatic heterocycles. The van der Waals surface area contributed by atoms with Gasteiger partial charge in [0.25, 0.3) is 0 Å². The molecular formula is C21H28N4. The number of nitrogens with two attached hydrogens (primary N) is 1. The summed E-state index contributed by atoms with van der Waals surface area (Å²) in [6, 6.07) is 4.17. The third kappa shape index (κ3) is 3.73. The van der Waals surface area contributed by atoms with Crippen LogP contribution < -0.4 is 11.1 Å². The Morgan fingerprint density at radius 3 is 2.56 bits per heavy atom. The largest absolute Gasteiger partial charge is 0.404 e. The van der Waals surface area contributed by atoms with Gasteiger partial charge in [0.05, 0.1) is 0 Å². The monoisotopic (exact) mass is 336 g/mol. The highest BCUT2D eigenvalue weighted by Crippen LogP contribution is 2.35. The molecule has 0 bridgehead atoms. The van der Waals surface area contributed by atoms with Crippen LogP contribution in [-0.2, 0) is 0 Å². The minimum atomic E-state index is 0.742. The topological polar surface area (TPSA) is 85.8 Å². The van der Waals surface area contributed by atoms with E-state index < -0.39 is 0 Å². The van der Waals surface area contributed by atoms with Crippen molar-refractivity contribution in [1.82, 2.24) is 5.32 Å². The van der Waals surface area contributed by atoms with Gasteiger partial charge in [0, 0.05) is 47.6 Å². The van der Waals surface area contributed by atoms with E-state index in [1.165, 1.54) is 24.2 Å². The number of unbranched alkanes of at least 4 members (excludes halogenated alkanes) is 1. The zero-order chi connectivity index (χ0) is 18.4. The standard InChI is InChI=1S/C21H28N4/c1-4-5-6-17(16(11-22)12-23)18-9-10-25-21(18)20-15(3)8-7-14(2)19(20)13-24/h6-8,11-13,22,24-25H,4-5,9-10,23H2,1-3H3/b16-12+,17-6+,22-11?,24-13?. The average Bonchev–Trinajstić information content (AvgIpc) is 3.09. The van der Waals surface area contributed by atoms with Crippen molar-refractivity contribution in [3.05, 3.63) is 63.4 Å². The molecule has 2 rings (SSSR count). The number of benzene rings is 1. The molecular weight excluding hydrogens is 308 g/mol. The third-order valence-electron chi connectivity index (χ3n) is 4.65. The summed E-state index contributed by atoms with van der Waals surface area (Å²) in [6.45, 7) is 7.12. The molecule has 25 heavy (non-hydrogen) atoms. The van der Waals surface area contributed by atoms with Gasteiger partial charge < -0.3 is 21.9 Å². The normalized spacial score (nSPS) is 15.3. The van der Waals surface area contributed by atoms with E-state index >= 15 is 0 Å². The molecule has 4 nitrogen and oxygen atoms in total. The molecule has 1 aromatic rings. The Bertz CT molecular complexity index is 766. The van der Waals surface area contributed by atoms with Crippen LogP contribution in [0, 0.1) is 24.7 Å². The number of nitrogens with one attached hydrogen (secondary N) is 3. The van der Waals surface area contributed by atoms with E-state index in [0.717, 1.165) is 64.9 Å². The number of aryl methyl sites for hydroxylation is 2. The van der Waals surface area contributed by atoms with Crippen LogP contribution in [0.2, 0.25) is 0 Å². The van der Waals surface area contributed by atoms with Gasteiger partial charge >= 0.3 is 0 Å². The Morgan fingerprint density at radius 1 is 1.24 bits per heavy atom. The Hall–Kier alpha value is -2.62. The molecule has 1 aliphatic rings. The number of rotatable bonds is 7. The SMILES string of the molecule is CCC/C=C(C1=C(c2c(C)ccc(C)c2C=N)NCC1)\C(C=N)=C\N. The summed E-state index contributed by atoms with van der Waals surface area (Å²) < 4.78 is 0. The van der Waals surface area contributed by atoms with Gasteiger partial charge in [0.1, 0.15) is 0 Å². The fraction of sp³-hybridized carbons (Fsp3) is 0.333. The van der Waals surface area contributed by atoms with Gasteiger partial charge in [0.15, 0.2) is 0 Å². The van der Waals surface area contributed by atoms with Crippen LogP contribution in [-0.4, -0.2) is 19.0 Å². The second-order valence-corrected chi connectivity index (χ2v) is 6.34. The number of hydrogen-bond donors (Lipinski definition) is 4. The summed E-state index contributed by atoms with van der Waals surface area (Å²) in [5.41, 5.74) is 14.1. The highest BCUT2D eigenvalue weighted by Gasteiger charge is 2.23. The molecule has 0 saturated carbocycles. The van der Waals surface area contributed by atoms with Crippen molar-refractivity contribution in [2.75, 3.05) is 6.54 Å². The van der Waals surface area contributed by atoms with Crippen LogP contribution in [0.15, 0.2) is 41.1 Å². The highest BCUT2D eigenvalue weighted by atomic mass is 14.9. The molecule has 0 radical (unpaired) electrons. The molecule has 0 aliphatic carbocycles. The number of hydrogen-bond acceptors (Lipinski definition) is 4. The van der Waals surface area contributed by atoms with Crippen molar-refractivity contribution >= 4 is 18.1 Å².